The summed E-state index contributed by atoms with van der Waals surface area (Å²) in [5, 5.41) is 14.8. The Morgan fingerprint density at radius 2 is 2.04 bits per heavy atom. The normalized spacial score (nSPS) is 10.8. The number of fused-ring (bicyclic) bond motifs is 1. The van der Waals surface area contributed by atoms with Crippen LogP contribution in [-0.4, -0.2) is 30.9 Å². The number of rotatable bonds is 3. The molecule has 0 bridgehead atoms. The van der Waals surface area contributed by atoms with Crippen LogP contribution in [0.2, 0.25) is 0 Å². The fourth-order valence-corrected chi connectivity index (χ4v) is 2.46. The zero-order valence-electron chi connectivity index (χ0n) is 12.0. The first-order chi connectivity index (χ1) is 11.3. The number of carbonyl (C=O) groups is 1. The molecule has 0 aliphatic carbocycles. The van der Waals surface area contributed by atoms with Crippen LogP contribution in [0.15, 0.2) is 61.3 Å². The van der Waals surface area contributed by atoms with E-state index < -0.39 is 0 Å². The molecule has 0 radical (unpaired) electrons. The number of aromatic amines is 1. The van der Waals surface area contributed by atoms with Gasteiger partial charge in [-0.15, -0.1) is 0 Å². The van der Waals surface area contributed by atoms with Crippen LogP contribution in [-0.2, 0) is 0 Å². The number of nitrogens with zero attached hydrogens (tertiary/aromatic N) is 4. The lowest BCUT2D eigenvalue weighted by atomic mass is 10.1. The minimum atomic E-state index is -0.215. The largest absolute Gasteiger partial charge is 0.320 e. The third kappa shape index (κ3) is 2.34. The third-order valence-electron chi connectivity index (χ3n) is 3.54. The molecule has 7 heteroatoms. The molecule has 0 saturated carbocycles. The minimum absolute atomic E-state index is 0.215. The summed E-state index contributed by atoms with van der Waals surface area (Å²) in [6.07, 6.45) is 4.72. The number of hydrogen-bond donors (Lipinski definition) is 2. The summed E-state index contributed by atoms with van der Waals surface area (Å²) in [6, 6.07) is 12.9. The Hall–Kier alpha value is -3.48. The van der Waals surface area contributed by atoms with Crippen LogP contribution in [0.1, 0.15) is 10.4 Å². The Bertz CT molecular complexity index is 973. The van der Waals surface area contributed by atoms with Crippen molar-refractivity contribution < 1.29 is 4.79 Å². The monoisotopic (exact) mass is 304 g/mol. The van der Waals surface area contributed by atoms with Gasteiger partial charge in [0.25, 0.3) is 5.91 Å². The molecule has 0 aliphatic heterocycles. The van der Waals surface area contributed by atoms with Crippen LogP contribution in [0.5, 0.6) is 0 Å². The van der Waals surface area contributed by atoms with E-state index in [-0.39, 0.29) is 5.91 Å². The predicted octanol–water partition coefficient (Wildman–Crippen LogP) is 2.40. The number of aromatic nitrogens is 5. The molecule has 2 heterocycles. The van der Waals surface area contributed by atoms with Gasteiger partial charge in [0.2, 0.25) is 0 Å². The van der Waals surface area contributed by atoms with Crippen molar-refractivity contribution in [2.75, 3.05) is 5.32 Å². The number of hydrogen-bond acceptors (Lipinski definition) is 4. The van der Waals surface area contributed by atoms with Crippen molar-refractivity contribution in [1.82, 2.24) is 25.0 Å². The molecule has 4 aromatic rings. The highest BCUT2D eigenvalue weighted by atomic mass is 16.1. The van der Waals surface area contributed by atoms with E-state index in [9.17, 15) is 4.79 Å². The Balaban J connectivity index is 1.72. The molecule has 0 aliphatic rings. The van der Waals surface area contributed by atoms with Gasteiger partial charge in [0, 0.05) is 5.39 Å². The topological polar surface area (TPSA) is 88.5 Å². The van der Waals surface area contributed by atoms with Crippen molar-refractivity contribution in [3.63, 3.8) is 0 Å². The van der Waals surface area contributed by atoms with Crippen LogP contribution in [0.25, 0.3) is 16.6 Å². The van der Waals surface area contributed by atoms with Gasteiger partial charge in [-0.2, -0.15) is 10.2 Å². The minimum Gasteiger partial charge on any atom is -0.320 e. The standard InChI is InChI=1S/C16H12N6O/c23-16(12-5-3-4-11-8-18-21-15(11)12)20-13-6-1-2-7-14(13)22-10-17-9-19-22/h1-10H,(H,18,21)(H,20,23). The number of amides is 1. The zero-order chi connectivity index (χ0) is 15.6. The maximum absolute atomic E-state index is 12.6. The van der Waals surface area contributed by atoms with E-state index in [4.69, 9.17) is 0 Å². The lowest BCUT2D eigenvalue weighted by Crippen LogP contribution is -2.14. The summed E-state index contributed by atoms with van der Waals surface area (Å²) in [6.45, 7) is 0. The van der Waals surface area contributed by atoms with Crippen LogP contribution in [0.4, 0.5) is 5.69 Å². The molecule has 0 fully saturated rings. The number of anilines is 1. The van der Waals surface area contributed by atoms with E-state index in [2.05, 4.69) is 25.6 Å². The third-order valence-corrected chi connectivity index (χ3v) is 3.54. The van der Waals surface area contributed by atoms with Crippen molar-refractivity contribution in [2.45, 2.75) is 0 Å². The van der Waals surface area contributed by atoms with E-state index in [1.807, 2.05) is 36.4 Å². The van der Waals surface area contributed by atoms with Crippen LogP contribution in [0, 0.1) is 0 Å². The summed E-state index contributed by atoms with van der Waals surface area (Å²) in [5.41, 5.74) is 2.64. The molecule has 2 aromatic carbocycles. The Morgan fingerprint density at radius 3 is 2.91 bits per heavy atom. The molecule has 0 spiro atoms. The fraction of sp³-hybridized carbons (Fsp3) is 0. The van der Waals surface area contributed by atoms with E-state index in [0.29, 0.717) is 16.8 Å². The summed E-state index contributed by atoms with van der Waals surface area (Å²) in [5.74, 6) is -0.215. The van der Waals surface area contributed by atoms with Crippen molar-refractivity contribution in [3.05, 3.63) is 66.9 Å². The van der Waals surface area contributed by atoms with Gasteiger partial charge in [-0.05, 0) is 18.2 Å². The predicted molar refractivity (Wildman–Crippen MR) is 85.4 cm³/mol. The Morgan fingerprint density at radius 1 is 1.13 bits per heavy atom. The Labute approximate surface area is 131 Å². The molecule has 4 rings (SSSR count). The quantitative estimate of drug-likeness (QED) is 0.608. The van der Waals surface area contributed by atoms with Gasteiger partial charge in [-0.25, -0.2) is 9.67 Å². The highest BCUT2D eigenvalue weighted by Crippen LogP contribution is 2.21. The van der Waals surface area contributed by atoms with E-state index >= 15 is 0 Å². The first-order valence-corrected chi connectivity index (χ1v) is 7.00. The van der Waals surface area contributed by atoms with Crippen LogP contribution < -0.4 is 5.32 Å². The molecule has 2 N–H and O–H groups in total. The molecule has 2 aromatic heterocycles. The molecule has 7 nitrogen and oxygen atoms in total. The highest BCUT2D eigenvalue weighted by molar-refractivity contribution is 6.12. The van der Waals surface area contributed by atoms with Crippen LogP contribution >= 0.6 is 0 Å². The molecule has 0 saturated heterocycles. The second-order valence-corrected chi connectivity index (χ2v) is 4.95. The van der Waals surface area contributed by atoms with Crippen molar-refractivity contribution in [2.24, 2.45) is 0 Å². The van der Waals surface area contributed by atoms with Gasteiger partial charge < -0.3 is 5.32 Å². The average Bonchev–Trinajstić information content (AvgIpc) is 3.26. The maximum Gasteiger partial charge on any atom is 0.257 e. The van der Waals surface area contributed by atoms with Crippen molar-refractivity contribution >= 4 is 22.5 Å². The second-order valence-electron chi connectivity index (χ2n) is 4.95. The molecule has 1 amide bonds. The van der Waals surface area contributed by atoms with Crippen molar-refractivity contribution in [3.8, 4) is 5.69 Å². The first kappa shape index (κ1) is 13.2. The molecule has 112 valence electrons. The van der Waals surface area contributed by atoms with E-state index in [1.54, 1.807) is 23.3 Å². The molecular weight excluding hydrogens is 292 g/mol. The van der Waals surface area contributed by atoms with E-state index in [0.717, 1.165) is 11.1 Å². The molecule has 0 atom stereocenters. The summed E-state index contributed by atoms with van der Waals surface area (Å²) >= 11 is 0. The van der Waals surface area contributed by atoms with Gasteiger partial charge in [-0.1, -0.05) is 24.3 Å². The van der Waals surface area contributed by atoms with Crippen molar-refractivity contribution in [1.29, 1.82) is 0 Å². The SMILES string of the molecule is O=C(Nc1ccccc1-n1cncn1)c1cccc2cn[nH]c12. The number of H-pyrrole nitrogens is 1. The number of benzene rings is 2. The number of nitrogens with one attached hydrogen (secondary N) is 2. The average molecular weight is 304 g/mol. The van der Waals surface area contributed by atoms with Crippen LogP contribution in [0.3, 0.4) is 0 Å². The second kappa shape index (κ2) is 5.38. The maximum atomic E-state index is 12.6. The lowest BCUT2D eigenvalue weighted by molar-refractivity contribution is 0.102. The molecule has 23 heavy (non-hydrogen) atoms. The lowest BCUT2D eigenvalue weighted by Gasteiger charge is -2.11. The number of para-hydroxylation sites is 3. The zero-order valence-corrected chi connectivity index (χ0v) is 12.0. The van der Waals surface area contributed by atoms with Gasteiger partial charge in [0.15, 0.2) is 0 Å². The van der Waals surface area contributed by atoms with Gasteiger partial charge in [-0.3, -0.25) is 9.89 Å². The smallest absolute Gasteiger partial charge is 0.257 e. The van der Waals surface area contributed by atoms with Gasteiger partial charge >= 0.3 is 0 Å². The Kier molecular flexibility index (Phi) is 3.09. The van der Waals surface area contributed by atoms with Gasteiger partial charge in [0.05, 0.1) is 28.7 Å². The van der Waals surface area contributed by atoms with Gasteiger partial charge in [0.1, 0.15) is 12.7 Å². The summed E-state index contributed by atoms with van der Waals surface area (Å²) < 4.78 is 1.60. The highest BCUT2D eigenvalue weighted by Gasteiger charge is 2.14. The van der Waals surface area contributed by atoms with E-state index in [1.165, 1.54) is 6.33 Å². The summed E-state index contributed by atoms with van der Waals surface area (Å²) in [7, 11) is 0. The summed E-state index contributed by atoms with van der Waals surface area (Å²) in [4.78, 5) is 16.6. The fourth-order valence-electron chi connectivity index (χ4n) is 2.46. The number of carbonyl (C=O) groups excluding carboxylic acids is 1. The molecule has 0 unspecified atom stereocenters. The first-order valence-electron chi connectivity index (χ1n) is 7.00. The molecular formula is C16H12N6O.